The molecule has 68 valence electrons. The Morgan fingerprint density at radius 3 is 2.42 bits per heavy atom. The molecule has 0 amide bonds. The molecule has 1 rings (SSSR count). The molecule has 1 atom stereocenters. The van der Waals surface area contributed by atoms with Crippen LogP contribution >= 0.6 is 0 Å². The summed E-state index contributed by atoms with van der Waals surface area (Å²) < 4.78 is 0. The van der Waals surface area contributed by atoms with Gasteiger partial charge in [0.1, 0.15) is 0 Å². The Morgan fingerprint density at radius 2 is 2.17 bits per heavy atom. The highest BCUT2D eigenvalue weighted by Gasteiger charge is 2.36. The average molecular weight is 166 g/mol. The Kier molecular flexibility index (Phi) is 3.11. The molecule has 0 bridgehead atoms. The van der Waals surface area contributed by atoms with E-state index in [1.807, 2.05) is 0 Å². The van der Waals surface area contributed by atoms with E-state index in [2.05, 4.69) is 25.2 Å². The quantitative estimate of drug-likeness (QED) is 0.695. The molecule has 0 aromatic carbocycles. The summed E-state index contributed by atoms with van der Waals surface area (Å²) in [5, 5.41) is 12.2. The van der Waals surface area contributed by atoms with Gasteiger partial charge in [0.2, 0.25) is 0 Å². The Hall–Kier alpha value is -0.550. The number of rotatable bonds is 4. The Morgan fingerprint density at radius 1 is 1.50 bits per heavy atom. The minimum atomic E-state index is 0.0604. The monoisotopic (exact) mass is 166 g/mol. The fourth-order valence-corrected chi connectivity index (χ4v) is 1.80. The summed E-state index contributed by atoms with van der Waals surface area (Å²) in [4.78, 5) is 0. The van der Waals surface area contributed by atoms with Crippen molar-refractivity contribution in [3.63, 3.8) is 0 Å². The van der Waals surface area contributed by atoms with E-state index in [1.54, 1.807) is 0 Å². The van der Waals surface area contributed by atoms with Crippen molar-refractivity contribution in [2.24, 2.45) is 0 Å². The molecule has 1 unspecified atom stereocenters. The van der Waals surface area contributed by atoms with Crippen LogP contribution in [0, 0.1) is 11.3 Å². The van der Waals surface area contributed by atoms with E-state index in [0.29, 0.717) is 5.54 Å². The molecule has 0 aromatic rings. The van der Waals surface area contributed by atoms with Crippen molar-refractivity contribution in [2.45, 2.75) is 57.5 Å². The molecule has 0 radical (unpaired) electrons. The van der Waals surface area contributed by atoms with E-state index in [-0.39, 0.29) is 6.04 Å². The number of nitrogens with one attached hydrogen (secondary N) is 1. The van der Waals surface area contributed by atoms with Crippen LogP contribution < -0.4 is 5.32 Å². The van der Waals surface area contributed by atoms with Gasteiger partial charge in [0, 0.05) is 5.54 Å². The van der Waals surface area contributed by atoms with Crippen LogP contribution in [0.2, 0.25) is 0 Å². The van der Waals surface area contributed by atoms with Gasteiger partial charge >= 0.3 is 0 Å². The first-order valence-electron chi connectivity index (χ1n) is 4.93. The lowest BCUT2D eigenvalue weighted by atomic mass is 9.74. The van der Waals surface area contributed by atoms with E-state index in [9.17, 15) is 0 Å². The summed E-state index contributed by atoms with van der Waals surface area (Å²) in [5.74, 6) is 0. The minimum absolute atomic E-state index is 0.0604. The summed E-state index contributed by atoms with van der Waals surface area (Å²) >= 11 is 0. The third-order valence-corrected chi connectivity index (χ3v) is 3.03. The topological polar surface area (TPSA) is 35.8 Å². The smallest absolute Gasteiger partial charge is 0.0954 e. The van der Waals surface area contributed by atoms with Crippen molar-refractivity contribution in [2.75, 3.05) is 0 Å². The lowest BCUT2D eigenvalue weighted by Gasteiger charge is -2.43. The number of nitrogens with zero attached hydrogens (tertiary/aromatic N) is 1. The highest BCUT2D eigenvalue weighted by atomic mass is 15.0. The van der Waals surface area contributed by atoms with Crippen LogP contribution in [0.15, 0.2) is 0 Å². The second-order valence-corrected chi connectivity index (χ2v) is 3.72. The summed E-state index contributed by atoms with van der Waals surface area (Å²) in [6, 6.07) is 2.36. The lowest BCUT2D eigenvalue weighted by molar-refractivity contribution is 0.166. The van der Waals surface area contributed by atoms with Crippen molar-refractivity contribution in [3.8, 4) is 6.07 Å². The first-order chi connectivity index (χ1) is 5.76. The molecule has 1 aliphatic carbocycles. The first-order valence-corrected chi connectivity index (χ1v) is 4.93. The van der Waals surface area contributed by atoms with Gasteiger partial charge in [-0.1, -0.05) is 13.8 Å². The molecular weight excluding hydrogens is 148 g/mol. The molecular formula is C10H18N2. The molecule has 0 aromatic heterocycles. The third-order valence-electron chi connectivity index (χ3n) is 3.03. The normalized spacial score (nSPS) is 22.4. The highest BCUT2D eigenvalue weighted by Crippen LogP contribution is 2.35. The van der Waals surface area contributed by atoms with Crippen molar-refractivity contribution < 1.29 is 0 Å². The van der Waals surface area contributed by atoms with Gasteiger partial charge in [0.15, 0.2) is 0 Å². The van der Waals surface area contributed by atoms with E-state index >= 15 is 0 Å². The third kappa shape index (κ3) is 1.78. The second-order valence-electron chi connectivity index (χ2n) is 3.72. The second kappa shape index (κ2) is 3.91. The van der Waals surface area contributed by atoms with Gasteiger partial charge in [-0.3, -0.25) is 5.32 Å². The Labute approximate surface area is 75.0 Å². The van der Waals surface area contributed by atoms with Gasteiger partial charge < -0.3 is 0 Å². The first kappa shape index (κ1) is 9.54. The van der Waals surface area contributed by atoms with Crippen molar-refractivity contribution in [1.29, 1.82) is 5.26 Å². The summed E-state index contributed by atoms with van der Waals surface area (Å²) in [6.07, 6.45) is 5.90. The van der Waals surface area contributed by atoms with Crippen LogP contribution in [-0.4, -0.2) is 11.6 Å². The van der Waals surface area contributed by atoms with Gasteiger partial charge in [-0.05, 0) is 32.1 Å². The van der Waals surface area contributed by atoms with Crippen molar-refractivity contribution in [3.05, 3.63) is 0 Å². The number of nitriles is 1. The van der Waals surface area contributed by atoms with Crippen molar-refractivity contribution >= 4 is 0 Å². The molecule has 12 heavy (non-hydrogen) atoms. The molecule has 2 heteroatoms. The molecule has 0 spiro atoms. The van der Waals surface area contributed by atoms with E-state index < -0.39 is 0 Å². The molecule has 2 nitrogen and oxygen atoms in total. The summed E-state index contributed by atoms with van der Waals surface area (Å²) in [5.41, 5.74) is 0.316. The molecule has 1 fully saturated rings. The fourth-order valence-electron chi connectivity index (χ4n) is 1.80. The molecule has 0 heterocycles. The van der Waals surface area contributed by atoms with Crippen LogP contribution in [0.4, 0.5) is 0 Å². The minimum Gasteiger partial charge on any atom is -0.296 e. The molecule has 1 N–H and O–H groups in total. The average Bonchev–Trinajstić information content (AvgIpc) is 2.05. The zero-order valence-electron chi connectivity index (χ0n) is 8.06. The van der Waals surface area contributed by atoms with E-state index in [0.717, 1.165) is 12.8 Å². The zero-order chi connectivity index (χ0) is 9.03. The predicted octanol–water partition coefficient (Wildman–Crippen LogP) is 2.21. The molecule has 0 saturated heterocycles. The lowest BCUT2D eigenvalue weighted by Crippen LogP contribution is -2.54. The van der Waals surface area contributed by atoms with Crippen LogP contribution in [0.5, 0.6) is 0 Å². The number of hydrogen-bond acceptors (Lipinski definition) is 2. The Bertz CT molecular complexity index is 171. The zero-order valence-corrected chi connectivity index (χ0v) is 8.06. The van der Waals surface area contributed by atoms with Crippen LogP contribution in [-0.2, 0) is 0 Å². The van der Waals surface area contributed by atoms with Crippen LogP contribution in [0.3, 0.4) is 0 Å². The van der Waals surface area contributed by atoms with Crippen molar-refractivity contribution in [1.82, 2.24) is 5.32 Å². The van der Waals surface area contributed by atoms with Gasteiger partial charge in [-0.25, -0.2) is 0 Å². The van der Waals surface area contributed by atoms with Gasteiger partial charge in [0.25, 0.3) is 0 Å². The fraction of sp³-hybridized carbons (Fsp3) is 0.900. The van der Waals surface area contributed by atoms with Crippen LogP contribution in [0.25, 0.3) is 0 Å². The maximum atomic E-state index is 8.79. The molecule has 1 aliphatic rings. The molecule has 0 aliphatic heterocycles. The van der Waals surface area contributed by atoms with Crippen LogP contribution in [0.1, 0.15) is 46.0 Å². The predicted molar refractivity (Wildman–Crippen MR) is 49.7 cm³/mol. The van der Waals surface area contributed by atoms with Gasteiger partial charge in [-0.15, -0.1) is 0 Å². The summed E-state index contributed by atoms with van der Waals surface area (Å²) in [6.45, 7) is 4.26. The SMILES string of the molecule is CCC(C#N)NC1(CC)CCC1. The highest BCUT2D eigenvalue weighted by molar-refractivity contribution is 5.01. The maximum absolute atomic E-state index is 8.79. The maximum Gasteiger partial charge on any atom is 0.0954 e. The molecule has 1 saturated carbocycles. The van der Waals surface area contributed by atoms with Gasteiger partial charge in [0.05, 0.1) is 12.1 Å². The van der Waals surface area contributed by atoms with Gasteiger partial charge in [-0.2, -0.15) is 5.26 Å². The number of hydrogen-bond donors (Lipinski definition) is 1. The summed E-state index contributed by atoms with van der Waals surface area (Å²) in [7, 11) is 0. The van der Waals surface area contributed by atoms with E-state index in [4.69, 9.17) is 5.26 Å². The largest absolute Gasteiger partial charge is 0.296 e. The standard InChI is InChI=1S/C10H18N2/c1-3-9(8-11)12-10(4-2)6-5-7-10/h9,12H,3-7H2,1-2H3. The van der Waals surface area contributed by atoms with E-state index in [1.165, 1.54) is 19.3 Å². The Balaban J connectivity index is 2.42.